The second-order valence-electron chi connectivity index (χ2n) is 9.37. The van der Waals surface area contributed by atoms with Gasteiger partial charge in [-0.2, -0.15) is 15.0 Å². The number of nitrogens with one attached hydrogen (secondary N) is 2. The van der Waals surface area contributed by atoms with Gasteiger partial charge in [-0.15, -0.1) is 0 Å². The number of halogens is 1. The Balaban J connectivity index is 1.90. The van der Waals surface area contributed by atoms with Crippen molar-refractivity contribution in [2.24, 2.45) is 0 Å². The molecule has 176 valence electrons. The summed E-state index contributed by atoms with van der Waals surface area (Å²) in [6.45, 7) is 13.0. The lowest BCUT2D eigenvalue weighted by Crippen LogP contribution is -2.49. The highest BCUT2D eigenvalue weighted by atomic mass is 35.5. The maximum Gasteiger partial charge on any atom is 0.231 e. The quantitative estimate of drug-likeness (QED) is 0.556. The highest BCUT2D eigenvalue weighted by molar-refractivity contribution is 6.28. The second kappa shape index (κ2) is 12.2. The molecule has 0 aliphatic carbocycles. The van der Waals surface area contributed by atoms with E-state index >= 15 is 0 Å². The van der Waals surface area contributed by atoms with Crippen molar-refractivity contribution in [1.82, 2.24) is 25.6 Å². The molecule has 0 bridgehead atoms. The van der Waals surface area contributed by atoms with Gasteiger partial charge >= 0.3 is 0 Å². The Kier molecular flexibility index (Phi) is 9.60. The Morgan fingerprint density at radius 2 is 1.26 bits per heavy atom. The molecule has 4 unspecified atom stereocenters. The van der Waals surface area contributed by atoms with Crippen LogP contribution >= 0.6 is 11.6 Å². The van der Waals surface area contributed by atoms with Crippen LogP contribution in [0.15, 0.2) is 0 Å². The van der Waals surface area contributed by atoms with Gasteiger partial charge in [0.05, 0.1) is 0 Å². The normalized spacial score (nSPS) is 26.6. The second-order valence-corrected chi connectivity index (χ2v) is 9.70. The maximum absolute atomic E-state index is 6.50. The Bertz CT molecular complexity index is 621. The number of rotatable bonds is 10. The molecule has 1 aromatic heterocycles. The summed E-state index contributed by atoms with van der Waals surface area (Å²) in [6, 6.07) is 1.91. The van der Waals surface area contributed by atoms with Gasteiger partial charge in [0.15, 0.2) is 0 Å². The molecular formula is C23H42ClN7. The van der Waals surface area contributed by atoms with Crippen LogP contribution in [0, 0.1) is 0 Å². The van der Waals surface area contributed by atoms with Gasteiger partial charge < -0.3 is 20.4 Å². The topological polar surface area (TPSA) is 69.2 Å². The molecule has 2 fully saturated rings. The third-order valence-electron chi connectivity index (χ3n) is 6.68. The van der Waals surface area contributed by atoms with Crippen molar-refractivity contribution in [3.05, 3.63) is 5.28 Å². The van der Waals surface area contributed by atoms with Gasteiger partial charge in [-0.05, 0) is 77.1 Å². The van der Waals surface area contributed by atoms with Crippen LogP contribution in [-0.2, 0) is 0 Å². The first kappa shape index (κ1) is 24.5. The zero-order valence-corrected chi connectivity index (χ0v) is 20.7. The molecule has 1 aromatic rings. The van der Waals surface area contributed by atoms with E-state index in [2.05, 4.69) is 58.1 Å². The van der Waals surface area contributed by atoms with Crippen molar-refractivity contribution in [3.63, 3.8) is 0 Å². The van der Waals surface area contributed by atoms with Crippen LogP contribution in [0.2, 0.25) is 5.28 Å². The summed E-state index contributed by atoms with van der Waals surface area (Å²) in [5.41, 5.74) is 0. The van der Waals surface area contributed by atoms with Crippen LogP contribution in [0.1, 0.15) is 79.1 Å². The first-order valence-corrected chi connectivity index (χ1v) is 12.8. The molecule has 0 aromatic carbocycles. The molecule has 0 amide bonds. The Morgan fingerprint density at radius 3 is 1.65 bits per heavy atom. The minimum absolute atomic E-state index is 0.312. The fourth-order valence-corrected chi connectivity index (χ4v) is 5.06. The lowest BCUT2D eigenvalue weighted by Gasteiger charge is -2.39. The van der Waals surface area contributed by atoms with E-state index in [1.807, 2.05) is 0 Å². The average Bonchev–Trinajstić information content (AvgIpc) is 2.74. The molecule has 0 spiro atoms. The highest BCUT2D eigenvalue weighted by Gasteiger charge is 2.30. The largest absolute Gasteiger partial charge is 0.338 e. The molecule has 2 saturated heterocycles. The molecule has 3 rings (SSSR count). The molecule has 8 heteroatoms. The summed E-state index contributed by atoms with van der Waals surface area (Å²) < 4.78 is 0. The predicted octanol–water partition coefficient (Wildman–Crippen LogP) is 4.02. The summed E-state index contributed by atoms with van der Waals surface area (Å²) in [7, 11) is 0. The number of anilines is 2. The van der Waals surface area contributed by atoms with Crippen molar-refractivity contribution in [2.45, 2.75) is 103 Å². The van der Waals surface area contributed by atoms with Crippen molar-refractivity contribution >= 4 is 23.5 Å². The number of hydrogen-bond donors (Lipinski definition) is 2. The molecule has 3 heterocycles. The number of hydrogen-bond acceptors (Lipinski definition) is 7. The van der Waals surface area contributed by atoms with Crippen molar-refractivity contribution in [3.8, 4) is 0 Å². The van der Waals surface area contributed by atoms with Crippen LogP contribution in [-0.4, -0.2) is 65.3 Å². The molecule has 7 nitrogen and oxygen atoms in total. The van der Waals surface area contributed by atoms with E-state index in [1.54, 1.807) is 0 Å². The van der Waals surface area contributed by atoms with E-state index in [-0.39, 0.29) is 0 Å². The van der Waals surface area contributed by atoms with Crippen LogP contribution in [0.4, 0.5) is 11.9 Å². The van der Waals surface area contributed by atoms with Gasteiger partial charge in [-0.3, -0.25) is 0 Å². The van der Waals surface area contributed by atoms with Gasteiger partial charge in [0.2, 0.25) is 17.2 Å². The van der Waals surface area contributed by atoms with E-state index in [1.165, 1.54) is 0 Å². The number of unbranched alkanes of at least 4 members (excludes halogenated alkanes) is 2. The Labute approximate surface area is 193 Å². The predicted molar refractivity (Wildman–Crippen MR) is 130 cm³/mol. The standard InChI is InChI=1S/C23H42ClN7/c1-5-7-13-30(19-9-11-25-17(3)15-19)22-27-21(24)28-23(29-22)31(14-8-6-2)20-10-12-26-18(4)16-20/h17-20,25-26H,5-16H2,1-4H3. The minimum atomic E-state index is 0.312. The van der Waals surface area contributed by atoms with E-state index in [9.17, 15) is 0 Å². The van der Waals surface area contributed by atoms with Gasteiger partial charge in [-0.1, -0.05) is 26.7 Å². The van der Waals surface area contributed by atoms with Crippen LogP contribution in [0.3, 0.4) is 0 Å². The summed E-state index contributed by atoms with van der Waals surface area (Å²) in [5, 5.41) is 7.44. The molecule has 0 saturated carbocycles. The van der Waals surface area contributed by atoms with E-state index < -0.39 is 0 Å². The van der Waals surface area contributed by atoms with E-state index in [0.717, 1.165) is 89.4 Å². The third-order valence-corrected chi connectivity index (χ3v) is 6.85. The SMILES string of the molecule is CCCCN(c1nc(Cl)nc(N(CCCC)C2CCNC(C)C2)n1)C1CCNC(C)C1. The lowest BCUT2D eigenvalue weighted by atomic mass is 9.98. The van der Waals surface area contributed by atoms with Gasteiger partial charge in [0, 0.05) is 37.3 Å². The maximum atomic E-state index is 6.50. The molecule has 2 aliphatic heterocycles. The smallest absolute Gasteiger partial charge is 0.231 e. The molecule has 4 atom stereocenters. The first-order chi connectivity index (χ1) is 15.0. The Morgan fingerprint density at radius 1 is 0.806 bits per heavy atom. The number of nitrogens with zero attached hydrogens (tertiary/aromatic N) is 5. The summed E-state index contributed by atoms with van der Waals surface area (Å²) in [5.74, 6) is 1.51. The molecule has 0 radical (unpaired) electrons. The average molecular weight is 452 g/mol. The molecular weight excluding hydrogens is 410 g/mol. The van der Waals surface area contributed by atoms with Crippen LogP contribution in [0.25, 0.3) is 0 Å². The fraction of sp³-hybridized carbons (Fsp3) is 0.870. The molecule has 31 heavy (non-hydrogen) atoms. The molecule has 2 aliphatic rings. The van der Waals surface area contributed by atoms with Crippen LogP contribution < -0.4 is 20.4 Å². The molecule has 2 N–H and O–H groups in total. The number of aromatic nitrogens is 3. The van der Waals surface area contributed by atoms with Gasteiger partial charge in [0.25, 0.3) is 0 Å². The highest BCUT2D eigenvalue weighted by Crippen LogP contribution is 2.27. The zero-order chi connectivity index (χ0) is 22.2. The third kappa shape index (κ3) is 6.90. The minimum Gasteiger partial charge on any atom is -0.338 e. The first-order valence-electron chi connectivity index (χ1n) is 12.4. The lowest BCUT2D eigenvalue weighted by molar-refractivity contribution is 0.355. The van der Waals surface area contributed by atoms with Crippen molar-refractivity contribution in [2.75, 3.05) is 36.0 Å². The summed E-state index contributed by atoms with van der Waals surface area (Å²) in [6.07, 6.45) is 8.98. The van der Waals surface area contributed by atoms with Crippen molar-refractivity contribution < 1.29 is 0 Å². The van der Waals surface area contributed by atoms with Gasteiger partial charge in [0.1, 0.15) is 0 Å². The van der Waals surface area contributed by atoms with Gasteiger partial charge in [-0.25, -0.2) is 0 Å². The number of piperidine rings is 2. The fourth-order valence-electron chi connectivity index (χ4n) is 4.91. The van der Waals surface area contributed by atoms with Crippen molar-refractivity contribution in [1.29, 1.82) is 0 Å². The monoisotopic (exact) mass is 451 g/mol. The Hall–Kier alpha value is -1.18. The zero-order valence-electron chi connectivity index (χ0n) is 19.9. The summed E-state index contributed by atoms with van der Waals surface area (Å²) in [4.78, 5) is 19.1. The van der Waals surface area contributed by atoms with Crippen LogP contribution in [0.5, 0.6) is 0 Å². The van der Waals surface area contributed by atoms with E-state index in [0.29, 0.717) is 29.5 Å². The van der Waals surface area contributed by atoms with E-state index in [4.69, 9.17) is 16.6 Å². The summed E-state index contributed by atoms with van der Waals surface area (Å²) >= 11 is 6.50.